The fourth-order valence-corrected chi connectivity index (χ4v) is 5.98. The molecule has 0 aliphatic heterocycles. The highest BCUT2D eigenvalue weighted by atomic mass is 32.2. The molecule has 0 bridgehead atoms. The van der Waals surface area contributed by atoms with E-state index >= 15 is 0 Å². The first kappa shape index (κ1) is 32.7. The Morgan fingerprint density at radius 1 is 1.00 bits per heavy atom. The minimum Gasteiger partial charge on any atom is -0.457 e. The molecule has 0 aromatic rings. The maximum absolute atomic E-state index is 12.7. The molecule has 0 spiro atoms. The summed E-state index contributed by atoms with van der Waals surface area (Å²) in [4.78, 5) is 12.7. The average molecular weight is 545 g/mol. The van der Waals surface area contributed by atoms with E-state index in [4.69, 9.17) is 9.47 Å². The van der Waals surface area contributed by atoms with Gasteiger partial charge in [-0.3, -0.25) is 13.9 Å². The molecule has 1 fully saturated rings. The van der Waals surface area contributed by atoms with E-state index in [0.717, 1.165) is 70.5 Å². The summed E-state index contributed by atoms with van der Waals surface area (Å²) in [6, 6.07) is 0. The van der Waals surface area contributed by atoms with Crippen LogP contribution in [0.4, 0.5) is 0 Å². The highest BCUT2D eigenvalue weighted by molar-refractivity contribution is 7.91. The van der Waals surface area contributed by atoms with Crippen LogP contribution in [-0.2, 0) is 29.0 Å². The standard InChI is InChI=1S/C27H45O7PS/c1-21(2)12-9-13-22(3)14-10-15-23(4)16-11-19-25(27(33-5,35-29)36(30,31)32)34-26(28)20-24-17-7-6-8-18-24/h12,14,16,24-25H,6-11,13,15,17-20H2,1-5H3,(H,30,31,32). The largest absolute Gasteiger partial charge is 0.457 e. The van der Waals surface area contributed by atoms with Gasteiger partial charge in [0.25, 0.3) is 0 Å². The fourth-order valence-electron chi connectivity index (χ4n) is 4.52. The summed E-state index contributed by atoms with van der Waals surface area (Å²) in [7, 11) is -4.90. The molecule has 1 saturated carbocycles. The average Bonchev–Trinajstić information content (AvgIpc) is 2.79. The molecule has 7 nitrogen and oxygen atoms in total. The summed E-state index contributed by atoms with van der Waals surface area (Å²) >= 11 is 0. The van der Waals surface area contributed by atoms with Gasteiger partial charge in [-0.25, -0.2) is 0 Å². The third-order valence-corrected chi connectivity index (χ3v) is 9.50. The number of carbonyl (C=O) groups is 1. The van der Waals surface area contributed by atoms with Crippen molar-refractivity contribution in [2.45, 2.75) is 116 Å². The second-order valence-corrected chi connectivity index (χ2v) is 12.8. The molecular weight excluding hydrogens is 499 g/mol. The van der Waals surface area contributed by atoms with Crippen molar-refractivity contribution in [2.24, 2.45) is 5.92 Å². The van der Waals surface area contributed by atoms with Gasteiger partial charge in [0.1, 0.15) is 0 Å². The Kier molecular flexibility index (Phi) is 15.0. The van der Waals surface area contributed by atoms with E-state index in [-0.39, 0.29) is 18.8 Å². The Bertz CT molecular complexity index is 897. The lowest BCUT2D eigenvalue weighted by molar-refractivity contribution is -0.156. The van der Waals surface area contributed by atoms with Crippen LogP contribution in [0.1, 0.15) is 105 Å². The van der Waals surface area contributed by atoms with E-state index < -0.39 is 35.3 Å². The van der Waals surface area contributed by atoms with Crippen molar-refractivity contribution in [3.05, 3.63) is 34.9 Å². The lowest BCUT2D eigenvalue weighted by Gasteiger charge is -2.31. The zero-order chi connectivity index (χ0) is 27.2. The van der Waals surface area contributed by atoms with Crippen molar-refractivity contribution in [2.75, 3.05) is 7.11 Å². The number of ether oxygens (including phenoxy) is 2. The minimum absolute atomic E-state index is 0.0498. The van der Waals surface area contributed by atoms with Crippen LogP contribution in [0.2, 0.25) is 0 Å². The number of hydrogen-bond donors (Lipinski definition) is 1. The molecule has 1 aliphatic carbocycles. The smallest absolute Gasteiger partial charge is 0.311 e. The van der Waals surface area contributed by atoms with Crippen molar-refractivity contribution < 1.29 is 31.8 Å². The van der Waals surface area contributed by atoms with Crippen LogP contribution in [0.15, 0.2) is 34.9 Å². The third-order valence-electron chi connectivity index (χ3n) is 6.69. The van der Waals surface area contributed by atoms with Gasteiger partial charge in [0, 0.05) is 13.5 Å². The fraction of sp³-hybridized carbons (Fsp3) is 0.741. The summed E-state index contributed by atoms with van der Waals surface area (Å²) in [6.45, 7) is 8.32. The SMILES string of the molecule is COC(P=O)(C(CCC=C(C)CCC=C(C)CCC=C(C)C)OC(=O)CC1CCCCC1)S(=O)(=O)O. The summed E-state index contributed by atoms with van der Waals surface area (Å²) in [5, 5.41) is 0. The predicted molar refractivity (Wildman–Crippen MR) is 145 cm³/mol. The quantitative estimate of drug-likeness (QED) is 0.0925. The second-order valence-electron chi connectivity index (χ2n) is 10.1. The van der Waals surface area contributed by atoms with Crippen LogP contribution in [0.25, 0.3) is 0 Å². The maximum atomic E-state index is 12.7. The summed E-state index contributed by atoms with van der Waals surface area (Å²) in [6.07, 6.45) is 14.6. The molecule has 206 valence electrons. The van der Waals surface area contributed by atoms with Crippen LogP contribution in [-0.4, -0.2) is 36.8 Å². The Morgan fingerprint density at radius 2 is 1.56 bits per heavy atom. The van der Waals surface area contributed by atoms with E-state index in [0.29, 0.717) is 6.42 Å². The molecule has 2 atom stereocenters. The molecule has 36 heavy (non-hydrogen) atoms. The summed E-state index contributed by atoms with van der Waals surface area (Å²) in [5.41, 5.74) is 3.78. The molecule has 0 aromatic heterocycles. The van der Waals surface area contributed by atoms with Gasteiger partial charge in [-0.05, 0) is 85.0 Å². The Morgan fingerprint density at radius 3 is 2.06 bits per heavy atom. The molecule has 1 rings (SSSR count). The van der Waals surface area contributed by atoms with Gasteiger partial charge in [-0.1, -0.05) is 54.2 Å². The number of esters is 1. The predicted octanol–water partition coefficient (Wildman–Crippen LogP) is 7.55. The van der Waals surface area contributed by atoms with Crippen LogP contribution in [0, 0.1) is 5.92 Å². The van der Waals surface area contributed by atoms with Crippen LogP contribution < -0.4 is 0 Å². The summed E-state index contributed by atoms with van der Waals surface area (Å²) < 4.78 is 54.1. The van der Waals surface area contributed by atoms with Crippen LogP contribution in [0.5, 0.6) is 0 Å². The number of carbonyl (C=O) groups excluding carboxylic acids is 1. The first-order valence-electron chi connectivity index (χ1n) is 13.0. The molecule has 1 N–H and O–H groups in total. The number of allylic oxidation sites excluding steroid dienone is 6. The highest BCUT2D eigenvalue weighted by Crippen LogP contribution is 2.38. The molecule has 2 unspecified atom stereocenters. The van der Waals surface area contributed by atoms with Gasteiger partial charge < -0.3 is 9.47 Å². The lowest BCUT2D eigenvalue weighted by atomic mass is 9.87. The maximum Gasteiger partial charge on any atom is 0.311 e. The molecular formula is C27H45O7PS. The van der Waals surface area contributed by atoms with E-state index in [2.05, 4.69) is 32.9 Å². The van der Waals surface area contributed by atoms with Crippen molar-refractivity contribution in [1.29, 1.82) is 0 Å². The first-order chi connectivity index (χ1) is 16.9. The minimum atomic E-state index is -4.95. The van der Waals surface area contributed by atoms with Crippen molar-refractivity contribution >= 4 is 24.5 Å². The van der Waals surface area contributed by atoms with Gasteiger partial charge in [-0.2, -0.15) is 8.42 Å². The van der Waals surface area contributed by atoms with E-state index in [1.54, 1.807) is 0 Å². The highest BCUT2D eigenvalue weighted by Gasteiger charge is 2.54. The molecule has 0 aromatic carbocycles. The zero-order valence-electron chi connectivity index (χ0n) is 22.6. The lowest BCUT2D eigenvalue weighted by Crippen LogP contribution is -2.48. The van der Waals surface area contributed by atoms with Crippen LogP contribution in [0.3, 0.4) is 0 Å². The molecule has 9 heteroatoms. The number of rotatable bonds is 16. The van der Waals surface area contributed by atoms with Gasteiger partial charge in [0.15, 0.2) is 6.10 Å². The van der Waals surface area contributed by atoms with E-state index in [9.17, 15) is 22.3 Å². The Labute approximate surface area is 219 Å². The summed E-state index contributed by atoms with van der Waals surface area (Å²) in [5.74, 6) is -0.366. The van der Waals surface area contributed by atoms with Gasteiger partial charge in [-0.15, -0.1) is 0 Å². The first-order valence-corrected chi connectivity index (χ1v) is 15.2. The molecule has 1 aliphatic rings. The topological polar surface area (TPSA) is 107 Å². The van der Waals surface area contributed by atoms with Gasteiger partial charge in [0.05, 0.1) is 0 Å². The van der Waals surface area contributed by atoms with E-state index in [1.165, 1.54) is 11.1 Å². The Hall–Kier alpha value is -1.34. The van der Waals surface area contributed by atoms with Crippen molar-refractivity contribution in [1.82, 2.24) is 0 Å². The van der Waals surface area contributed by atoms with Gasteiger partial charge in [0.2, 0.25) is 8.46 Å². The van der Waals surface area contributed by atoms with Crippen molar-refractivity contribution in [3.63, 3.8) is 0 Å². The van der Waals surface area contributed by atoms with E-state index in [1.807, 2.05) is 13.0 Å². The van der Waals surface area contributed by atoms with Crippen molar-refractivity contribution in [3.8, 4) is 0 Å². The molecule has 0 saturated heterocycles. The number of methoxy groups -OCH3 is 1. The molecule has 0 heterocycles. The van der Waals surface area contributed by atoms with Gasteiger partial charge >= 0.3 is 20.8 Å². The monoisotopic (exact) mass is 544 g/mol. The Balaban J connectivity index is 2.81. The number of hydrogen-bond acceptors (Lipinski definition) is 6. The third kappa shape index (κ3) is 11.4. The van der Waals surface area contributed by atoms with Crippen LogP contribution >= 0.6 is 8.46 Å². The molecule has 0 amide bonds. The zero-order valence-corrected chi connectivity index (χ0v) is 24.3. The molecule has 0 radical (unpaired) electrons. The second kappa shape index (κ2) is 16.5. The normalized spacial score (nSPS) is 18.5.